The number of carboxylic acid groups (broad SMARTS) is 1. The number of rotatable bonds is 19. The third kappa shape index (κ3) is 27.9. The van der Waals surface area contributed by atoms with Crippen LogP contribution in [0.2, 0.25) is 10.3 Å². The van der Waals surface area contributed by atoms with Gasteiger partial charge in [-0.25, -0.2) is 39.1 Å². The predicted octanol–water partition coefficient (Wildman–Crippen LogP) is 12.8. The Morgan fingerprint density at radius 1 is 0.460 bits per heavy atom. The smallest absolute Gasteiger partial charge is 0.415 e. The van der Waals surface area contributed by atoms with Crippen LogP contribution in [0.5, 0.6) is 0 Å². The Bertz CT molecular complexity index is 6890. The standard InChI is InChI=1S/C29H39N7O6.C24H31N7O4.C20H27ClN4O4.C13H15ClN4O4.C10H14N2O2.C6H13NO/c1-28(2,3)42-27(39)34(5)23-16-22(31-20-8-7-13-35(26(20)38)18-10-14-41-15-11-18)33-24-19(17-30-36(23)24)25(37)32-21-9-6-12-29(21,4)40;1-24(34)9-3-6-18(24)28-22(32)16-14-26-31-20(25-2)13-19(29-21(16)31)27-17-5-4-10-30(23(17)33)15-7-11-35-12-8-15;1-19(2,3)29-18(27)24(5)16-10-15(21)23-17-13(11-22-25(16)17)14(26)9-12-7-6-8-20(12,4)28;1-13(2,3)22-12(21)17(4)9-5-8(14)16-10-7(11(19)20)6-15-18(9)10;11-9-2-1-5-12(10(9)13)8-3-6-14-7-4-8;1-6(8)4-2-3-5(6)7/h7-8,13,16-18,21,40H,6,9-12,14-15H2,1-5H3,(H,31,33)(H,32,37);4-5,10,13-15,18,25,34H,3,6-9,11-12H2,1-2H3,(H,27,29)(H,28,32);10-12,28H,6-9H2,1-5H3;5-6H,1-4H3,(H,19,20);1-2,5,8H,3-4,6-7,11H2;5,8H,2-4,7H2,1H3/t21-,29-;18-,24-;12?,20-;;;5-,6-/m000..0/s1. The summed E-state index contributed by atoms with van der Waals surface area (Å²) in [6.45, 7) is 26.8. The van der Waals surface area contributed by atoms with Gasteiger partial charge in [-0.3, -0.25) is 43.5 Å². The Kier molecular flexibility index (Phi) is 36.0. The number of anilines is 9. The molecule has 8 atom stereocenters. The van der Waals surface area contributed by atoms with Gasteiger partial charge in [0, 0.05) is 141 Å². The van der Waals surface area contributed by atoms with E-state index in [0.717, 1.165) is 103 Å². The molecule has 48 heteroatoms. The van der Waals surface area contributed by atoms with E-state index in [0.29, 0.717) is 110 Å². The summed E-state index contributed by atoms with van der Waals surface area (Å²) in [6, 6.07) is 16.3. The van der Waals surface area contributed by atoms with Gasteiger partial charge in [0.05, 0.1) is 70.5 Å². The molecule has 0 bridgehead atoms. The number of aliphatic hydroxyl groups is 4. The van der Waals surface area contributed by atoms with Crippen molar-refractivity contribution in [1.29, 1.82) is 0 Å². The predicted molar refractivity (Wildman–Crippen MR) is 564 cm³/mol. The van der Waals surface area contributed by atoms with Gasteiger partial charge in [0.2, 0.25) is 0 Å². The summed E-state index contributed by atoms with van der Waals surface area (Å²) in [6.07, 6.45) is 23.6. The first kappa shape index (κ1) is 114. The van der Waals surface area contributed by atoms with Crippen molar-refractivity contribution in [2.45, 2.75) is 287 Å². The highest BCUT2D eigenvalue weighted by Crippen LogP contribution is 2.40. The number of ketones is 1. The summed E-state index contributed by atoms with van der Waals surface area (Å²) in [5.74, 6) is -0.151. The monoisotopic (exact) mass is 2120 g/mol. The van der Waals surface area contributed by atoms with Gasteiger partial charge in [-0.1, -0.05) is 29.6 Å². The average Bonchev–Trinajstić information content (AvgIpc) is 1.60. The number of carboxylic acids is 1. The highest BCUT2D eigenvalue weighted by Gasteiger charge is 2.43. The molecule has 812 valence electrons. The first-order chi connectivity index (χ1) is 70.6. The number of fused-ring (bicyclic) bond motifs is 4. The molecule has 46 nitrogen and oxygen atoms in total. The van der Waals surface area contributed by atoms with Crippen molar-refractivity contribution in [3.8, 4) is 0 Å². The van der Waals surface area contributed by atoms with E-state index < -0.39 is 75.4 Å². The number of pyridine rings is 3. The summed E-state index contributed by atoms with van der Waals surface area (Å²) in [7, 11) is 6.29. The van der Waals surface area contributed by atoms with Crippen LogP contribution in [-0.2, 0) is 28.4 Å². The lowest BCUT2D eigenvalue weighted by Gasteiger charge is -2.26. The van der Waals surface area contributed by atoms with E-state index in [1.54, 1.807) is 159 Å². The van der Waals surface area contributed by atoms with Crippen LogP contribution < -0.4 is 69.4 Å². The number of aromatic carboxylic acids is 1. The van der Waals surface area contributed by atoms with Crippen LogP contribution in [-0.4, -0.2) is 265 Å². The van der Waals surface area contributed by atoms with Crippen molar-refractivity contribution in [3.05, 3.63) is 168 Å². The molecule has 4 saturated carbocycles. The maximum absolute atomic E-state index is 13.4. The third-order valence-electron chi connectivity index (χ3n) is 27.3. The molecule has 150 heavy (non-hydrogen) atoms. The number of halogens is 2. The maximum atomic E-state index is 13.4. The van der Waals surface area contributed by atoms with Crippen LogP contribution in [0.25, 0.3) is 22.6 Å². The number of Topliss-reactive ketones (excluding diaryl/α,β-unsaturated/α-hetero) is 1. The Balaban J connectivity index is 0.000000158. The molecule has 3 saturated heterocycles. The molecule has 11 aromatic rings. The minimum Gasteiger partial charge on any atom is -0.477 e. The first-order valence-corrected chi connectivity index (χ1v) is 51.0. The molecule has 7 fully saturated rings. The molecule has 14 heterocycles. The zero-order valence-electron chi connectivity index (χ0n) is 87.8. The second-order valence-corrected chi connectivity index (χ2v) is 43.2. The van der Waals surface area contributed by atoms with Crippen molar-refractivity contribution in [2.24, 2.45) is 11.7 Å². The molecule has 7 aliphatic rings. The van der Waals surface area contributed by atoms with E-state index in [1.165, 1.54) is 84.6 Å². The topological polar surface area (TPSA) is 585 Å². The molecule has 18 rings (SSSR count). The fourth-order valence-corrected chi connectivity index (χ4v) is 19.1. The van der Waals surface area contributed by atoms with Crippen LogP contribution in [0.15, 0.2) is 118 Å². The summed E-state index contributed by atoms with van der Waals surface area (Å²) in [5, 5.41) is 82.3. The first-order valence-electron chi connectivity index (χ1n) is 50.3. The number of carbonyl (C=O) groups is 7. The molecular formula is C102H139Cl2N25O21. The quantitative estimate of drug-likeness (QED) is 0.0203. The molecule has 11 aromatic heterocycles. The summed E-state index contributed by atoms with van der Waals surface area (Å²) < 4.78 is 43.0. The number of hydrogen-bond donors (Lipinski definition) is 12. The number of nitrogens with zero attached hydrogens (tertiary/aromatic N) is 18. The van der Waals surface area contributed by atoms with Gasteiger partial charge in [0.15, 0.2) is 28.4 Å². The highest BCUT2D eigenvalue weighted by molar-refractivity contribution is 6.30. The second kappa shape index (κ2) is 47.5. The van der Waals surface area contributed by atoms with Crippen LogP contribution in [0.1, 0.15) is 272 Å². The van der Waals surface area contributed by atoms with Gasteiger partial charge in [-0.15, -0.1) is 0 Å². The van der Waals surface area contributed by atoms with E-state index in [4.69, 9.17) is 68.2 Å². The van der Waals surface area contributed by atoms with Crippen LogP contribution in [0.3, 0.4) is 0 Å². The number of aromatic nitrogens is 15. The van der Waals surface area contributed by atoms with Crippen molar-refractivity contribution in [3.63, 3.8) is 0 Å². The number of amides is 5. The van der Waals surface area contributed by atoms with Gasteiger partial charge >= 0.3 is 24.2 Å². The van der Waals surface area contributed by atoms with Crippen LogP contribution in [0.4, 0.5) is 66.4 Å². The average molecular weight is 2120 g/mol. The second-order valence-electron chi connectivity index (χ2n) is 42.5. The normalized spacial score (nSPS) is 21.5. The van der Waals surface area contributed by atoms with Gasteiger partial charge in [0.1, 0.15) is 90.1 Å². The SMILES string of the molecule is CN(C(=O)OC(C)(C)C)c1cc(Cl)nc2c(C(=O)CC3CCC[C@]3(C)O)cnn12.CN(C(=O)OC(C)(C)C)c1cc(Cl)nc2c(C(=O)O)cnn12.CN(C(=O)OC(C)(C)C)c1cc(Nc2cccn(C3CCOCC3)c2=O)nc2c(C(=O)N[C@H]3CCC[C@]3(C)O)cnn12.CNc1cc(Nc2cccn(C3CCOCC3)c2=O)nc2c(C(=O)N[C@H]3CCC[C@]3(C)O)cnn12.C[C@]1(O)CCC[C@@H]1N.Nc1cccn(C2CCOCC2)c1=O. The molecule has 14 N–H and O–H groups in total. The molecule has 4 aliphatic carbocycles. The van der Waals surface area contributed by atoms with Crippen LogP contribution in [0, 0.1) is 5.92 Å². The molecule has 0 spiro atoms. The van der Waals surface area contributed by atoms with E-state index in [2.05, 4.69) is 66.9 Å². The van der Waals surface area contributed by atoms with E-state index in [1.807, 2.05) is 19.1 Å². The highest BCUT2D eigenvalue weighted by atomic mass is 35.5. The van der Waals surface area contributed by atoms with Gasteiger partial charge in [-0.2, -0.15) is 38.5 Å². The van der Waals surface area contributed by atoms with Gasteiger partial charge in [0.25, 0.3) is 28.5 Å². The fourth-order valence-electron chi connectivity index (χ4n) is 18.8. The third-order valence-corrected chi connectivity index (χ3v) is 27.7. The minimum absolute atomic E-state index is 0.0162. The number of ether oxygens (including phenoxy) is 6. The number of nitrogen functional groups attached to an aromatic ring is 1. The lowest BCUT2D eigenvalue weighted by Crippen LogP contribution is -2.47. The fraction of sp³-hybridized carbons (Fsp3) is 0.549. The molecule has 0 radical (unpaired) electrons. The number of carbonyl (C=O) groups excluding carboxylic acids is 6. The zero-order chi connectivity index (χ0) is 109. The van der Waals surface area contributed by atoms with Crippen LogP contribution >= 0.6 is 23.2 Å². The van der Waals surface area contributed by atoms with Crippen molar-refractivity contribution < 1.29 is 87.5 Å². The molecular weight excluding hydrogens is 1980 g/mol. The number of hydrogen-bond acceptors (Lipinski definition) is 33. The number of nitrogens with one attached hydrogen (secondary N) is 5. The Morgan fingerprint density at radius 2 is 0.807 bits per heavy atom. The van der Waals surface area contributed by atoms with E-state index in [9.17, 15) is 68.4 Å². The summed E-state index contributed by atoms with van der Waals surface area (Å²) >= 11 is 12.1. The number of nitrogens with two attached hydrogens (primary N) is 2. The van der Waals surface area contributed by atoms with E-state index >= 15 is 0 Å². The van der Waals surface area contributed by atoms with Gasteiger partial charge < -0.3 is 106 Å². The molecule has 3 aliphatic heterocycles. The summed E-state index contributed by atoms with van der Waals surface area (Å²) in [5.41, 5.74) is 7.73. The Hall–Kier alpha value is -13.3. The maximum Gasteiger partial charge on any atom is 0.415 e. The van der Waals surface area contributed by atoms with Gasteiger partial charge in [-0.05, 0) is 241 Å². The molecule has 5 amide bonds. The Morgan fingerprint density at radius 3 is 1.17 bits per heavy atom. The van der Waals surface area contributed by atoms with E-state index in [-0.39, 0.29) is 127 Å². The molecule has 1 unspecified atom stereocenters. The zero-order valence-corrected chi connectivity index (χ0v) is 89.3. The van der Waals surface area contributed by atoms with Crippen molar-refractivity contribution >= 4 is 140 Å². The summed E-state index contributed by atoms with van der Waals surface area (Å²) in [4.78, 5) is 148. The molecule has 0 aromatic carbocycles. The minimum atomic E-state index is -1.18. The Labute approximate surface area is 876 Å². The van der Waals surface area contributed by atoms with Crippen molar-refractivity contribution in [2.75, 3.05) is 104 Å². The van der Waals surface area contributed by atoms with Crippen molar-refractivity contribution in [1.82, 2.24) is 82.7 Å². The largest absolute Gasteiger partial charge is 0.477 e. The lowest BCUT2D eigenvalue weighted by molar-refractivity contribution is 0.0181. The lowest BCUT2D eigenvalue weighted by atomic mass is 9.87.